The highest BCUT2D eigenvalue weighted by atomic mass is 35.5. The van der Waals surface area contributed by atoms with E-state index in [2.05, 4.69) is 0 Å². The van der Waals surface area contributed by atoms with E-state index in [0.717, 1.165) is 5.56 Å². The average Bonchev–Trinajstić information content (AvgIpc) is 2.38. The normalized spacial score (nSPS) is 10.7. The van der Waals surface area contributed by atoms with E-state index in [4.69, 9.17) is 16.7 Å². The smallest absolute Gasteiger partial charge is 0.336 e. The fourth-order valence-corrected chi connectivity index (χ4v) is 1.72. The zero-order chi connectivity index (χ0) is 13.0. The predicted molar refractivity (Wildman–Crippen MR) is 73.8 cm³/mol. The van der Waals surface area contributed by atoms with Crippen molar-refractivity contribution in [2.24, 2.45) is 0 Å². The third-order valence-electron chi connectivity index (χ3n) is 2.52. The van der Waals surface area contributed by atoms with E-state index in [0.29, 0.717) is 16.1 Å². The first-order valence-electron chi connectivity index (χ1n) is 5.43. The first-order chi connectivity index (χ1) is 8.66. The maximum absolute atomic E-state index is 11.0. The number of carbonyl (C=O) groups is 1. The molecule has 0 fully saturated rings. The molecule has 0 unspecified atom stereocenters. The van der Waals surface area contributed by atoms with Gasteiger partial charge in [-0.3, -0.25) is 0 Å². The second-order valence-electron chi connectivity index (χ2n) is 3.78. The van der Waals surface area contributed by atoms with Crippen molar-refractivity contribution in [1.29, 1.82) is 0 Å². The van der Waals surface area contributed by atoms with Gasteiger partial charge in [0.1, 0.15) is 0 Å². The average molecular weight is 259 g/mol. The summed E-state index contributed by atoms with van der Waals surface area (Å²) in [7, 11) is 0. The van der Waals surface area contributed by atoms with Crippen LogP contribution in [0.4, 0.5) is 0 Å². The van der Waals surface area contributed by atoms with Crippen molar-refractivity contribution in [3.05, 3.63) is 70.2 Å². The number of aromatic carboxylic acids is 1. The van der Waals surface area contributed by atoms with Crippen LogP contribution >= 0.6 is 11.6 Å². The highest BCUT2D eigenvalue weighted by molar-refractivity contribution is 6.30. The van der Waals surface area contributed by atoms with Gasteiger partial charge in [0.05, 0.1) is 5.56 Å². The Morgan fingerprint density at radius 3 is 2.33 bits per heavy atom. The molecule has 2 nitrogen and oxygen atoms in total. The highest BCUT2D eigenvalue weighted by Crippen LogP contribution is 2.15. The molecule has 0 aromatic heterocycles. The quantitative estimate of drug-likeness (QED) is 0.838. The maximum Gasteiger partial charge on any atom is 0.336 e. The van der Waals surface area contributed by atoms with E-state index in [1.54, 1.807) is 36.4 Å². The Bertz CT molecular complexity index is 586. The Kier molecular flexibility index (Phi) is 3.80. The summed E-state index contributed by atoms with van der Waals surface area (Å²) in [6, 6.07) is 14.2. The summed E-state index contributed by atoms with van der Waals surface area (Å²) in [5.41, 5.74) is 1.95. The van der Waals surface area contributed by atoms with Crippen molar-refractivity contribution in [3.63, 3.8) is 0 Å². The van der Waals surface area contributed by atoms with E-state index in [-0.39, 0.29) is 0 Å². The number of hydrogen-bond donors (Lipinski definition) is 1. The van der Waals surface area contributed by atoms with Crippen LogP contribution in [0.5, 0.6) is 0 Å². The molecule has 1 N–H and O–H groups in total. The molecule has 2 aromatic carbocycles. The number of hydrogen-bond acceptors (Lipinski definition) is 1. The van der Waals surface area contributed by atoms with Crippen molar-refractivity contribution in [3.8, 4) is 0 Å². The van der Waals surface area contributed by atoms with Crippen molar-refractivity contribution in [1.82, 2.24) is 0 Å². The Balaban J connectivity index is 2.29. The van der Waals surface area contributed by atoms with Crippen molar-refractivity contribution in [2.75, 3.05) is 0 Å². The van der Waals surface area contributed by atoms with Crippen LogP contribution in [0.15, 0.2) is 48.5 Å². The lowest BCUT2D eigenvalue weighted by Gasteiger charge is -2.00. The minimum absolute atomic E-state index is 0.294. The summed E-state index contributed by atoms with van der Waals surface area (Å²) in [5, 5.41) is 9.73. The summed E-state index contributed by atoms with van der Waals surface area (Å²) in [6.07, 6.45) is 3.64. The van der Waals surface area contributed by atoms with Crippen LogP contribution in [0.3, 0.4) is 0 Å². The van der Waals surface area contributed by atoms with Gasteiger partial charge < -0.3 is 5.11 Å². The molecule has 90 valence electrons. The second kappa shape index (κ2) is 5.52. The third kappa shape index (κ3) is 2.99. The van der Waals surface area contributed by atoms with Gasteiger partial charge in [0, 0.05) is 5.02 Å². The Hall–Kier alpha value is -2.06. The molecule has 0 heterocycles. The minimum atomic E-state index is -0.925. The topological polar surface area (TPSA) is 37.3 Å². The van der Waals surface area contributed by atoms with Gasteiger partial charge in [0.2, 0.25) is 0 Å². The molecular formula is C15H11ClO2. The molecule has 0 atom stereocenters. The fourth-order valence-electron chi connectivity index (χ4n) is 1.60. The van der Waals surface area contributed by atoms with Crippen molar-refractivity contribution >= 4 is 29.7 Å². The van der Waals surface area contributed by atoms with Crippen LogP contribution in [0, 0.1) is 0 Å². The van der Waals surface area contributed by atoms with Gasteiger partial charge in [0.15, 0.2) is 0 Å². The first kappa shape index (κ1) is 12.4. The van der Waals surface area contributed by atoms with E-state index in [1.165, 1.54) is 0 Å². The molecule has 0 amide bonds. The Labute approximate surface area is 110 Å². The number of carboxylic acids is 1. The lowest BCUT2D eigenvalue weighted by molar-refractivity contribution is 0.0696. The summed E-state index contributed by atoms with van der Waals surface area (Å²) >= 11 is 5.79. The van der Waals surface area contributed by atoms with Crippen LogP contribution in [0.1, 0.15) is 21.5 Å². The van der Waals surface area contributed by atoms with E-state index in [1.807, 2.05) is 24.3 Å². The molecule has 18 heavy (non-hydrogen) atoms. The van der Waals surface area contributed by atoms with Crippen LogP contribution < -0.4 is 0 Å². The first-order valence-corrected chi connectivity index (χ1v) is 5.80. The van der Waals surface area contributed by atoms with Gasteiger partial charge in [0.25, 0.3) is 0 Å². The van der Waals surface area contributed by atoms with Gasteiger partial charge in [-0.05, 0) is 29.3 Å². The largest absolute Gasteiger partial charge is 0.478 e. The maximum atomic E-state index is 11.0. The number of carboxylic acid groups (broad SMARTS) is 1. The van der Waals surface area contributed by atoms with Crippen LogP contribution in [-0.2, 0) is 0 Å². The lowest BCUT2D eigenvalue weighted by Crippen LogP contribution is -1.98. The molecule has 2 rings (SSSR count). The van der Waals surface area contributed by atoms with Gasteiger partial charge >= 0.3 is 5.97 Å². The molecule has 3 heteroatoms. The number of benzene rings is 2. The molecule has 2 aromatic rings. The third-order valence-corrected chi connectivity index (χ3v) is 2.77. The Morgan fingerprint density at radius 2 is 1.67 bits per heavy atom. The Morgan fingerprint density at radius 1 is 1.00 bits per heavy atom. The molecule has 0 radical (unpaired) electrons. The fraction of sp³-hybridized carbons (Fsp3) is 0. The summed E-state index contributed by atoms with van der Waals surface area (Å²) in [4.78, 5) is 11.0. The van der Waals surface area contributed by atoms with Crippen LogP contribution in [0.25, 0.3) is 12.2 Å². The summed E-state index contributed by atoms with van der Waals surface area (Å²) in [6.45, 7) is 0. The monoisotopic (exact) mass is 258 g/mol. The van der Waals surface area contributed by atoms with Crippen LogP contribution in [-0.4, -0.2) is 11.1 Å². The van der Waals surface area contributed by atoms with Gasteiger partial charge in [-0.15, -0.1) is 0 Å². The SMILES string of the molecule is O=C(O)c1ccccc1/C=C/c1ccc(Cl)cc1. The lowest BCUT2D eigenvalue weighted by atomic mass is 10.1. The molecule has 0 aliphatic rings. The summed E-state index contributed by atoms with van der Waals surface area (Å²) in [5.74, 6) is -0.925. The number of rotatable bonds is 3. The van der Waals surface area contributed by atoms with E-state index >= 15 is 0 Å². The zero-order valence-electron chi connectivity index (χ0n) is 9.51. The number of halogens is 1. The molecule has 0 spiro atoms. The van der Waals surface area contributed by atoms with E-state index in [9.17, 15) is 4.79 Å². The second-order valence-corrected chi connectivity index (χ2v) is 4.21. The summed E-state index contributed by atoms with van der Waals surface area (Å²) < 4.78 is 0. The predicted octanol–water partition coefficient (Wildman–Crippen LogP) is 4.21. The van der Waals surface area contributed by atoms with Crippen molar-refractivity contribution in [2.45, 2.75) is 0 Å². The highest BCUT2D eigenvalue weighted by Gasteiger charge is 2.05. The molecule has 0 bridgehead atoms. The molecule has 0 saturated heterocycles. The van der Waals surface area contributed by atoms with Gasteiger partial charge in [-0.2, -0.15) is 0 Å². The standard InChI is InChI=1S/C15H11ClO2/c16-13-9-6-11(7-10-13)5-8-12-3-1-2-4-14(12)15(17)18/h1-10H,(H,17,18)/b8-5+. The van der Waals surface area contributed by atoms with E-state index < -0.39 is 5.97 Å². The zero-order valence-corrected chi connectivity index (χ0v) is 10.3. The van der Waals surface area contributed by atoms with Crippen molar-refractivity contribution < 1.29 is 9.90 Å². The molecule has 0 aliphatic carbocycles. The minimum Gasteiger partial charge on any atom is -0.478 e. The molecule has 0 aliphatic heterocycles. The molecule has 0 saturated carbocycles. The van der Waals surface area contributed by atoms with Gasteiger partial charge in [-0.25, -0.2) is 4.79 Å². The molecular weight excluding hydrogens is 248 g/mol. The van der Waals surface area contributed by atoms with Crippen LogP contribution in [0.2, 0.25) is 5.02 Å². The van der Waals surface area contributed by atoms with Gasteiger partial charge in [-0.1, -0.05) is 54.1 Å².